The van der Waals surface area contributed by atoms with Crippen LogP contribution in [-0.4, -0.2) is 22.5 Å². The molecule has 2 aromatic rings. The van der Waals surface area contributed by atoms with Crippen LogP contribution in [0, 0.1) is 11.8 Å². The molecule has 0 spiro atoms. The number of ether oxygens (including phenoxy) is 2. The van der Waals surface area contributed by atoms with Gasteiger partial charge in [-0.05, 0) is 44.9 Å². The number of rotatable bonds is 5. The average Bonchev–Trinajstić information content (AvgIpc) is 2.54. The van der Waals surface area contributed by atoms with Gasteiger partial charge in [-0.15, -0.1) is 0 Å². The number of carbonyl (C=O) groups excluding carboxylic acids is 2. The Bertz CT molecular complexity index is 798. The van der Waals surface area contributed by atoms with Gasteiger partial charge in [0.05, 0.1) is 5.92 Å². The van der Waals surface area contributed by atoms with Crippen molar-refractivity contribution >= 4 is 22.7 Å². The van der Waals surface area contributed by atoms with Crippen molar-refractivity contribution in [3.8, 4) is 0 Å². The monoisotopic (exact) mass is 355 g/mol. The van der Waals surface area contributed by atoms with E-state index in [2.05, 4.69) is 4.98 Å². The van der Waals surface area contributed by atoms with E-state index in [0.717, 1.165) is 16.3 Å². The lowest BCUT2D eigenvalue weighted by molar-refractivity contribution is -0.162. The summed E-state index contributed by atoms with van der Waals surface area (Å²) in [6.45, 7) is 5.79. The zero-order chi connectivity index (χ0) is 18.7. The van der Waals surface area contributed by atoms with Gasteiger partial charge in [-0.1, -0.05) is 24.3 Å². The van der Waals surface area contributed by atoms with Crippen LogP contribution in [0.25, 0.3) is 10.8 Å². The molecule has 26 heavy (non-hydrogen) atoms. The van der Waals surface area contributed by atoms with Gasteiger partial charge in [-0.25, -0.2) is 0 Å². The lowest BCUT2D eigenvalue weighted by atomic mass is 9.73. The van der Waals surface area contributed by atoms with Gasteiger partial charge in [0.15, 0.2) is 0 Å². The van der Waals surface area contributed by atoms with Gasteiger partial charge in [-0.3, -0.25) is 14.6 Å². The second-order valence-electron chi connectivity index (χ2n) is 7.95. The highest BCUT2D eigenvalue weighted by Gasteiger charge is 2.37. The van der Waals surface area contributed by atoms with Gasteiger partial charge in [0.25, 0.3) is 0 Å². The zero-order valence-electron chi connectivity index (χ0n) is 15.5. The molecule has 1 aromatic carbocycles. The van der Waals surface area contributed by atoms with Crippen molar-refractivity contribution in [1.29, 1.82) is 0 Å². The SMILES string of the molecule is CC(C)(C)OC(=O)CC1CC(C(=O)OCc2cncc3ccccc23)C1. The van der Waals surface area contributed by atoms with Crippen LogP contribution in [0.4, 0.5) is 0 Å². The molecule has 1 aliphatic rings. The van der Waals surface area contributed by atoms with E-state index in [4.69, 9.17) is 9.47 Å². The van der Waals surface area contributed by atoms with Crippen molar-refractivity contribution in [2.24, 2.45) is 11.8 Å². The third-order valence-electron chi connectivity index (χ3n) is 4.57. The molecule has 1 aromatic heterocycles. The first-order chi connectivity index (χ1) is 12.3. The Morgan fingerprint density at radius 3 is 2.62 bits per heavy atom. The van der Waals surface area contributed by atoms with Crippen molar-refractivity contribution in [1.82, 2.24) is 4.98 Å². The molecular weight excluding hydrogens is 330 g/mol. The first-order valence-corrected chi connectivity index (χ1v) is 9.02. The molecule has 1 aliphatic carbocycles. The smallest absolute Gasteiger partial charge is 0.309 e. The topological polar surface area (TPSA) is 65.5 Å². The summed E-state index contributed by atoms with van der Waals surface area (Å²) < 4.78 is 10.8. The first kappa shape index (κ1) is 18.4. The Morgan fingerprint density at radius 2 is 1.88 bits per heavy atom. The molecule has 5 nitrogen and oxygen atoms in total. The van der Waals surface area contributed by atoms with E-state index >= 15 is 0 Å². The third kappa shape index (κ3) is 4.59. The zero-order valence-corrected chi connectivity index (χ0v) is 15.5. The number of carbonyl (C=O) groups is 2. The number of hydrogen-bond donors (Lipinski definition) is 0. The predicted molar refractivity (Wildman–Crippen MR) is 98.2 cm³/mol. The molecule has 0 atom stereocenters. The predicted octanol–water partition coefficient (Wildman–Crippen LogP) is 4.04. The summed E-state index contributed by atoms with van der Waals surface area (Å²) in [5.74, 6) is -0.304. The fourth-order valence-electron chi connectivity index (χ4n) is 3.27. The summed E-state index contributed by atoms with van der Waals surface area (Å²) in [6.07, 6.45) is 5.28. The molecule has 0 amide bonds. The normalized spacial score (nSPS) is 19.7. The molecule has 1 heterocycles. The fourth-order valence-corrected chi connectivity index (χ4v) is 3.27. The summed E-state index contributed by atoms with van der Waals surface area (Å²) in [5, 5.41) is 2.08. The van der Waals surface area contributed by atoms with Gasteiger partial charge in [0.1, 0.15) is 12.2 Å². The average molecular weight is 355 g/mol. The van der Waals surface area contributed by atoms with Crippen LogP contribution in [-0.2, 0) is 25.7 Å². The maximum atomic E-state index is 12.2. The molecule has 3 rings (SSSR count). The van der Waals surface area contributed by atoms with E-state index in [0.29, 0.717) is 19.3 Å². The van der Waals surface area contributed by atoms with Crippen molar-refractivity contribution in [3.63, 3.8) is 0 Å². The van der Waals surface area contributed by atoms with Gasteiger partial charge in [-0.2, -0.15) is 0 Å². The van der Waals surface area contributed by atoms with Crippen LogP contribution in [0.2, 0.25) is 0 Å². The van der Waals surface area contributed by atoms with E-state index in [1.54, 1.807) is 12.4 Å². The number of fused-ring (bicyclic) bond motifs is 1. The number of esters is 2. The lowest BCUT2D eigenvalue weighted by Gasteiger charge is -2.33. The number of hydrogen-bond acceptors (Lipinski definition) is 5. The maximum Gasteiger partial charge on any atom is 0.309 e. The van der Waals surface area contributed by atoms with Crippen LogP contribution in [0.15, 0.2) is 36.7 Å². The van der Waals surface area contributed by atoms with Crippen molar-refractivity contribution in [2.45, 2.75) is 52.2 Å². The lowest BCUT2D eigenvalue weighted by Crippen LogP contribution is -2.34. The van der Waals surface area contributed by atoms with Crippen molar-refractivity contribution in [3.05, 3.63) is 42.2 Å². The van der Waals surface area contributed by atoms with Crippen LogP contribution >= 0.6 is 0 Å². The minimum Gasteiger partial charge on any atom is -0.461 e. The summed E-state index contributed by atoms with van der Waals surface area (Å²) in [7, 11) is 0. The Kier molecular flexibility index (Phi) is 5.25. The second kappa shape index (κ2) is 7.44. The molecule has 0 N–H and O–H groups in total. The highest BCUT2D eigenvalue weighted by atomic mass is 16.6. The number of aromatic nitrogens is 1. The summed E-state index contributed by atoms with van der Waals surface area (Å²) in [5.41, 5.74) is 0.437. The van der Waals surface area contributed by atoms with Crippen LogP contribution in [0.3, 0.4) is 0 Å². The van der Waals surface area contributed by atoms with Crippen molar-refractivity contribution < 1.29 is 19.1 Å². The third-order valence-corrected chi connectivity index (χ3v) is 4.57. The summed E-state index contributed by atoms with van der Waals surface area (Å²) in [4.78, 5) is 28.3. The Labute approximate surface area is 153 Å². The van der Waals surface area contributed by atoms with E-state index in [1.807, 2.05) is 45.0 Å². The van der Waals surface area contributed by atoms with Gasteiger partial charge in [0.2, 0.25) is 0 Å². The van der Waals surface area contributed by atoms with Crippen LogP contribution in [0.1, 0.15) is 45.6 Å². The molecule has 138 valence electrons. The van der Waals surface area contributed by atoms with E-state index < -0.39 is 5.60 Å². The van der Waals surface area contributed by atoms with Crippen LogP contribution in [0.5, 0.6) is 0 Å². The minimum atomic E-state index is -0.467. The standard InChI is InChI=1S/C21H25NO4/c1-21(2,3)26-19(23)10-14-8-16(9-14)20(24)25-13-17-12-22-11-15-6-4-5-7-18(15)17/h4-7,11-12,14,16H,8-10,13H2,1-3H3. The second-order valence-corrected chi connectivity index (χ2v) is 7.95. The summed E-state index contributed by atoms with van der Waals surface area (Å²) in [6, 6.07) is 7.90. The molecule has 1 saturated carbocycles. The largest absolute Gasteiger partial charge is 0.461 e. The molecule has 0 unspecified atom stereocenters. The maximum absolute atomic E-state index is 12.2. The van der Waals surface area contributed by atoms with Crippen LogP contribution < -0.4 is 0 Å². The van der Waals surface area contributed by atoms with Gasteiger partial charge < -0.3 is 9.47 Å². The summed E-state index contributed by atoms with van der Waals surface area (Å²) >= 11 is 0. The molecular formula is C21H25NO4. The molecule has 0 bridgehead atoms. The van der Waals surface area contributed by atoms with E-state index in [-0.39, 0.29) is 30.4 Å². The minimum absolute atomic E-state index is 0.120. The van der Waals surface area contributed by atoms with Gasteiger partial charge in [0, 0.05) is 29.8 Å². The fraction of sp³-hybridized carbons (Fsp3) is 0.476. The highest BCUT2D eigenvalue weighted by molar-refractivity contribution is 5.84. The first-order valence-electron chi connectivity index (χ1n) is 9.02. The molecule has 0 radical (unpaired) electrons. The van der Waals surface area contributed by atoms with E-state index in [1.165, 1.54) is 0 Å². The number of benzene rings is 1. The van der Waals surface area contributed by atoms with Gasteiger partial charge >= 0.3 is 11.9 Å². The van der Waals surface area contributed by atoms with Crippen molar-refractivity contribution in [2.75, 3.05) is 0 Å². The molecule has 0 aliphatic heterocycles. The Hall–Kier alpha value is -2.43. The van der Waals surface area contributed by atoms with E-state index in [9.17, 15) is 9.59 Å². The molecule has 5 heteroatoms. The number of nitrogens with zero attached hydrogens (tertiary/aromatic N) is 1. The molecule has 1 fully saturated rings. The Balaban J connectivity index is 1.46. The molecule has 0 saturated heterocycles. The Morgan fingerprint density at radius 1 is 1.15 bits per heavy atom. The quantitative estimate of drug-likeness (QED) is 0.758. The highest BCUT2D eigenvalue weighted by Crippen LogP contribution is 2.37. The number of pyridine rings is 1.